The first-order valence-electron chi connectivity index (χ1n) is 6.05. The summed E-state index contributed by atoms with van der Waals surface area (Å²) in [5.41, 5.74) is 2.92. The molecule has 0 bridgehead atoms. The van der Waals surface area contributed by atoms with Crippen molar-refractivity contribution in [3.8, 4) is 0 Å². The fraction of sp³-hybridized carbons (Fsp3) is 0.286. The first-order valence-corrected chi connectivity index (χ1v) is 6.87. The van der Waals surface area contributed by atoms with Gasteiger partial charge in [0.25, 0.3) is 0 Å². The number of nitrogens with one attached hydrogen (secondary N) is 1. The summed E-state index contributed by atoms with van der Waals surface area (Å²) in [6.45, 7) is 3.92. The Kier molecular flexibility index (Phi) is 4.16. The smallest absolute Gasteiger partial charge is 0.350 e. The van der Waals surface area contributed by atoms with Gasteiger partial charge in [0.15, 0.2) is 5.13 Å². The molecule has 5 heteroatoms. The van der Waals surface area contributed by atoms with E-state index in [-0.39, 0.29) is 5.97 Å². The maximum absolute atomic E-state index is 11.5. The van der Waals surface area contributed by atoms with Gasteiger partial charge in [0.05, 0.1) is 12.8 Å². The van der Waals surface area contributed by atoms with Crippen LogP contribution in [0.4, 0.5) is 10.8 Å². The highest BCUT2D eigenvalue weighted by molar-refractivity contribution is 7.17. The van der Waals surface area contributed by atoms with Gasteiger partial charge in [0, 0.05) is 5.69 Å². The van der Waals surface area contributed by atoms with Crippen molar-refractivity contribution in [3.63, 3.8) is 0 Å². The van der Waals surface area contributed by atoms with Gasteiger partial charge in [-0.15, -0.1) is 0 Å². The number of thiazole rings is 1. The number of benzene rings is 1. The van der Waals surface area contributed by atoms with Crippen molar-refractivity contribution >= 4 is 28.1 Å². The van der Waals surface area contributed by atoms with Crippen molar-refractivity contribution in [3.05, 3.63) is 40.4 Å². The van der Waals surface area contributed by atoms with E-state index in [9.17, 15) is 4.79 Å². The molecule has 4 nitrogen and oxygen atoms in total. The number of carbonyl (C=O) groups excluding carboxylic acids is 1. The fourth-order valence-corrected chi connectivity index (χ4v) is 2.63. The summed E-state index contributed by atoms with van der Waals surface area (Å²) in [5.74, 6) is -0.342. The van der Waals surface area contributed by atoms with E-state index in [4.69, 9.17) is 4.74 Å². The normalized spacial score (nSPS) is 10.3. The number of aryl methyl sites for hydroxylation is 2. The quantitative estimate of drug-likeness (QED) is 0.868. The zero-order valence-corrected chi connectivity index (χ0v) is 12.0. The Hall–Kier alpha value is -1.88. The molecule has 0 radical (unpaired) electrons. The Morgan fingerprint density at radius 2 is 2.26 bits per heavy atom. The minimum Gasteiger partial charge on any atom is -0.465 e. The highest BCUT2D eigenvalue weighted by atomic mass is 32.1. The van der Waals surface area contributed by atoms with E-state index in [1.807, 2.05) is 12.1 Å². The molecule has 0 aliphatic rings. The highest BCUT2D eigenvalue weighted by Gasteiger charge is 2.15. The molecule has 0 fully saturated rings. The third-order valence-electron chi connectivity index (χ3n) is 2.75. The number of carbonyl (C=O) groups is 1. The zero-order chi connectivity index (χ0) is 13.8. The summed E-state index contributed by atoms with van der Waals surface area (Å²) in [6, 6.07) is 8.14. The van der Waals surface area contributed by atoms with Gasteiger partial charge in [0.1, 0.15) is 4.88 Å². The molecule has 0 amide bonds. The molecular formula is C14H16N2O2S. The van der Waals surface area contributed by atoms with Gasteiger partial charge in [-0.3, -0.25) is 0 Å². The second-order valence-electron chi connectivity index (χ2n) is 4.10. The molecule has 1 aromatic carbocycles. The standard InChI is InChI=1S/C14H16N2O2S/c1-4-10-6-5-7-11(8-10)16-14-15-9(2)12(19-14)13(17)18-3/h5-8H,4H2,1-3H3,(H,15,16). The summed E-state index contributed by atoms with van der Waals surface area (Å²) in [6.07, 6.45) is 0.986. The Balaban J connectivity index is 2.21. The maximum atomic E-state index is 11.5. The second kappa shape index (κ2) is 5.84. The van der Waals surface area contributed by atoms with Crippen LogP contribution in [0.1, 0.15) is 27.9 Å². The first-order chi connectivity index (χ1) is 9.13. The molecule has 19 heavy (non-hydrogen) atoms. The van der Waals surface area contributed by atoms with Gasteiger partial charge in [-0.25, -0.2) is 9.78 Å². The SMILES string of the molecule is CCc1cccc(Nc2nc(C)c(C(=O)OC)s2)c1. The summed E-state index contributed by atoms with van der Waals surface area (Å²) in [4.78, 5) is 16.4. The Labute approximate surface area is 116 Å². The molecule has 0 unspecified atom stereocenters. The highest BCUT2D eigenvalue weighted by Crippen LogP contribution is 2.26. The number of hydrogen-bond acceptors (Lipinski definition) is 5. The molecule has 0 saturated heterocycles. The van der Waals surface area contributed by atoms with Crippen LogP contribution in [0.2, 0.25) is 0 Å². The number of rotatable bonds is 4. The summed E-state index contributed by atoms with van der Waals surface area (Å²) in [7, 11) is 1.37. The monoisotopic (exact) mass is 276 g/mol. The average molecular weight is 276 g/mol. The number of ether oxygens (including phenoxy) is 1. The lowest BCUT2D eigenvalue weighted by Gasteiger charge is -2.04. The zero-order valence-electron chi connectivity index (χ0n) is 11.2. The molecule has 100 valence electrons. The topological polar surface area (TPSA) is 51.2 Å². The first kappa shape index (κ1) is 13.5. The van der Waals surface area contributed by atoms with Crippen LogP contribution in [-0.2, 0) is 11.2 Å². The third-order valence-corrected chi connectivity index (χ3v) is 3.81. The van der Waals surface area contributed by atoms with Crippen LogP contribution in [0.5, 0.6) is 0 Å². The maximum Gasteiger partial charge on any atom is 0.350 e. The van der Waals surface area contributed by atoms with Crippen molar-refractivity contribution in [2.45, 2.75) is 20.3 Å². The number of nitrogens with zero attached hydrogens (tertiary/aromatic N) is 1. The number of hydrogen-bond donors (Lipinski definition) is 1. The van der Waals surface area contributed by atoms with Gasteiger partial charge in [0.2, 0.25) is 0 Å². The van der Waals surface area contributed by atoms with Crippen molar-refractivity contribution in [1.29, 1.82) is 0 Å². The predicted octanol–water partition coefficient (Wildman–Crippen LogP) is 3.54. The van der Waals surface area contributed by atoms with E-state index in [1.54, 1.807) is 6.92 Å². The molecule has 1 heterocycles. The lowest BCUT2D eigenvalue weighted by atomic mass is 10.1. The Morgan fingerprint density at radius 1 is 1.47 bits per heavy atom. The lowest BCUT2D eigenvalue weighted by Crippen LogP contribution is -1.99. The van der Waals surface area contributed by atoms with E-state index in [1.165, 1.54) is 24.0 Å². The lowest BCUT2D eigenvalue weighted by molar-refractivity contribution is 0.0605. The van der Waals surface area contributed by atoms with Crippen molar-refractivity contribution in [2.24, 2.45) is 0 Å². The fourth-order valence-electron chi connectivity index (χ4n) is 1.72. The van der Waals surface area contributed by atoms with Gasteiger partial charge in [-0.1, -0.05) is 30.4 Å². The molecule has 1 N–H and O–H groups in total. The van der Waals surface area contributed by atoms with Gasteiger partial charge < -0.3 is 10.1 Å². The van der Waals surface area contributed by atoms with E-state index in [0.717, 1.165) is 12.1 Å². The second-order valence-corrected chi connectivity index (χ2v) is 5.10. The van der Waals surface area contributed by atoms with Crippen LogP contribution in [0.3, 0.4) is 0 Å². The van der Waals surface area contributed by atoms with Crippen LogP contribution in [0.15, 0.2) is 24.3 Å². The average Bonchev–Trinajstić information content (AvgIpc) is 2.79. The van der Waals surface area contributed by atoms with Crippen LogP contribution in [0.25, 0.3) is 0 Å². The number of esters is 1. The summed E-state index contributed by atoms with van der Waals surface area (Å²) in [5, 5.41) is 3.92. The van der Waals surface area contributed by atoms with Crippen LogP contribution in [0, 0.1) is 6.92 Å². The van der Waals surface area contributed by atoms with E-state index < -0.39 is 0 Å². The van der Waals surface area contributed by atoms with Crippen molar-refractivity contribution in [2.75, 3.05) is 12.4 Å². The summed E-state index contributed by atoms with van der Waals surface area (Å²) < 4.78 is 4.72. The van der Waals surface area contributed by atoms with Crippen LogP contribution < -0.4 is 5.32 Å². The van der Waals surface area contributed by atoms with Crippen LogP contribution in [-0.4, -0.2) is 18.1 Å². The molecule has 0 aliphatic heterocycles. The summed E-state index contributed by atoms with van der Waals surface area (Å²) >= 11 is 1.30. The number of anilines is 2. The minimum absolute atomic E-state index is 0.342. The van der Waals surface area contributed by atoms with Crippen molar-refractivity contribution < 1.29 is 9.53 Å². The third kappa shape index (κ3) is 3.12. The minimum atomic E-state index is -0.342. The van der Waals surface area contributed by atoms with E-state index >= 15 is 0 Å². The Bertz CT molecular complexity index is 593. The van der Waals surface area contributed by atoms with Gasteiger partial charge in [-0.05, 0) is 31.0 Å². The molecule has 0 aliphatic carbocycles. The van der Waals surface area contributed by atoms with E-state index in [0.29, 0.717) is 15.7 Å². The molecule has 0 spiro atoms. The molecule has 0 atom stereocenters. The largest absolute Gasteiger partial charge is 0.465 e. The van der Waals surface area contributed by atoms with Gasteiger partial charge >= 0.3 is 5.97 Å². The Morgan fingerprint density at radius 3 is 2.95 bits per heavy atom. The van der Waals surface area contributed by atoms with Crippen LogP contribution >= 0.6 is 11.3 Å². The predicted molar refractivity (Wildman–Crippen MR) is 77.3 cm³/mol. The molecule has 1 aromatic heterocycles. The number of methoxy groups -OCH3 is 1. The molecule has 2 aromatic rings. The van der Waals surface area contributed by atoms with Gasteiger partial charge in [-0.2, -0.15) is 0 Å². The van der Waals surface area contributed by atoms with E-state index in [2.05, 4.69) is 29.4 Å². The molecule has 0 saturated carbocycles. The van der Waals surface area contributed by atoms with Crippen molar-refractivity contribution in [1.82, 2.24) is 4.98 Å². The molecular weight excluding hydrogens is 260 g/mol. The number of aromatic nitrogens is 1. The molecule has 2 rings (SSSR count).